The second kappa shape index (κ2) is 7.81. The zero-order chi connectivity index (χ0) is 15.1. The van der Waals surface area contributed by atoms with Crippen LogP contribution in [0, 0.1) is 0 Å². The van der Waals surface area contributed by atoms with Gasteiger partial charge in [-0.05, 0) is 18.1 Å². The van der Waals surface area contributed by atoms with E-state index < -0.39 is 12.1 Å². The molecule has 2 aromatic rings. The highest BCUT2D eigenvalue weighted by Crippen LogP contribution is 2.27. The SMILES string of the molecule is CCC[C@@H](O)[C@@H](N)c1ccccc1OCc1ccccc1. The van der Waals surface area contributed by atoms with Crippen molar-refractivity contribution in [2.45, 2.75) is 38.5 Å². The summed E-state index contributed by atoms with van der Waals surface area (Å²) in [4.78, 5) is 0. The van der Waals surface area contributed by atoms with Crippen LogP contribution < -0.4 is 10.5 Å². The molecule has 0 aliphatic heterocycles. The quantitative estimate of drug-likeness (QED) is 0.819. The first-order chi connectivity index (χ1) is 10.2. The predicted molar refractivity (Wildman–Crippen MR) is 85.1 cm³/mol. The molecule has 0 saturated heterocycles. The third kappa shape index (κ3) is 4.31. The normalized spacial score (nSPS) is 13.7. The van der Waals surface area contributed by atoms with Gasteiger partial charge in [0.15, 0.2) is 0 Å². The number of hydrogen-bond acceptors (Lipinski definition) is 3. The fraction of sp³-hybridized carbons (Fsp3) is 0.333. The van der Waals surface area contributed by atoms with Gasteiger partial charge in [-0.2, -0.15) is 0 Å². The molecular formula is C18H23NO2. The molecule has 0 amide bonds. The van der Waals surface area contributed by atoms with E-state index in [0.29, 0.717) is 13.0 Å². The van der Waals surface area contributed by atoms with Gasteiger partial charge in [-0.15, -0.1) is 0 Å². The minimum absolute atomic E-state index is 0.420. The van der Waals surface area contributed by atoms with Crippen LogP contribution in [0.3, 0.4) is 0 Å². The van der Waals surface area contributed by atoms with Gasteiger partial charge < -0.3 is 15.6 Å². The Hall–Kier alpha value is -1.84. The summed E-state index contributed by atoms with van der Waals surface area (Å²) < 4.78 is 5.88. The summed E-state index contributed by atoms with van der Waals surface area (Å²) in [6, 6.07) is 17.2. The second-order valence-corrected chi connectivity index (χ2v) is 5.19. The van der Waals surface area contributed by atoms with Crippen molar-refractivity contribution in [1.29, 1.82) is 0 Å². The topological polar surface area (TPSA) is 55.5 Å². The summed E-state index contributed by atoms with van der Waals surface area (Å²) in [6.45, 7) is 2.53. The van der Waals surface area contributed by atoms with Crippen LogP contribution in [0.15, 0.2) is 54.6 Å². The molecule has 0 spiro atoms. The van der Waals surface area contributed by atoms with E-state index in [4.69, 9.17) is 10.5 Å². The Morgan fingerprint density at radius 1 is 1.05 bits per heavy atom. The highest BCUT2D eigenvalue weighted by atomic mass is 16.5. The maximum atomic E-state index is 10.1. The number of aliphatic hydroxyl groups is 1. The molecular weight excluding hydrogens is 262 g/mol. The molecule has 0 unspecified atom stereocenters. The number of aliphatic hydroxyl groups excluding tert-OH is 1. The lowest BCUT2D eigenvalue weighted by Crippen LogP contribution is -2.26. The van der Waals surface area contributed by atoms with Crippen LogP contribution in [0.25, 0.3) is 0 Å². The van der Waals surface area contributed by atoms with Crippen molar-refractivity contribution in [3.63, 3.8) is 0 Å². The van der Waals surface area contributed by atoms with Crippen molar-refractivity contribution in [1.82, 2.24) is 0 Å². The summed E-state index contributed by atoms with van der Waals surface area (Å²) in [5, 5.41) is 10.1. The molecule has 3 N–H and O–H groups in total. The molecule has 0 heterocycles. The smallest absolute Gasteiger partial charge is 0.124 e. The number of rotatable bonds is 7. The van der Waals surface area contributed by atoms with Crippen LogP contribution in [-0.2, 0) is 6.61 Å². The maximum absolute atomic E-state index is 10.1. The third-order valence-corrected chi connectivity index (χ3v) is 3.51. The first-order valence-corrected chi connectivity index (χ1v) is 7.41. The molecule has 2 aromatic carbocycles. The molecule has 3 heteroatoms. The summed E-state index contributed by atoms with van der Waals surface area (Å²) in [7, 11) is 0. The Morgan fingerprint density at radius 2 is 1.71 bits per heavy atom. The van der Waals surface area contributed by atoms with Crippen LogP contribution in [0.2, 0.25) is 0 Å². The molecule has 2 rings (SSSR count). The standard InChI is InChI=1S/C18H23NO2/c1-2-8-16(20)18(19)15-11-6-7-12-17(15)21-13-14-9-4-3-5-10-14/h3-7,9-12,16,18,20H,2,8,13,19H2,1H3/t16-,18+/m1/s1. The van der Waals surface area contributed by atoms with Crippen molar-refractivity contribution in [3.05, 3.63) is 65.7 Å². The maximum Gasteiger partial charge on any atom is 0.124 e. The number of hydrogen-bond donors (Lipinski definition) is 2. The van der Waals surface area contributed by atoms with Crippen molar-refractivity contribution in [2.24, 2.45) is 5.73 Å². The summed E-state index contributed by atoms with van der Waals surface area (Å²) >= 11 is 0. The molecule has 21 heavy (non-hydrogen) atoms. The van der Waals surface area contributed by atoms with E-state index in [1.54, 1.807) is 0 Å². The van der Waals surface area contributed by atoms with Gasteiger partial charge in [0, 0.05) is 5.56 Å². The highest BCUT2D eigenvalue weighted by Gasteiger charge is 2.19. The Bertz CT molecular complexity index is 542. The van der Waals surface area contributed by atoms with Crippen LogP contribution in [0.5, 0.6) is 5.75 Å². The molecule has 3 nitrogen and oxygen atoms in total. The summed E-state index contributed by atoms with van der Waals surface area (Å²) in [5.41, 5.74) is 8.13. The number of nitrogens with two attached hydrogens (primary N) is 1. The largest absolute Gasteiger partial charge is 0.489 e. The molecule has 0 aliphatic rings. The zero-order valence-corrected chi connectivity index (χ0v) is 12.4. The Morgan fingerprint density at radius 3 is 2.43 bits per heavy atom. The lowest BCUT2D eigenvalue weighted by atomic mass is 9.98. The number of para-hydroxylation sites is 1. The van der Waals surface area contributed by atoms with Gasteiger partial charge in [-0.3, -0.25) is 0 Å². The fourth-order valence-electron chi connectivity index (χ4n) is 2.31. The Kier molecular flexibility index (Phi) is 5.78. The molecule has 0 radical (unpaired) electrons. The Labute approximate surface area is 126 Å². The van der Waals surface area contributed by atoms with Gasteiger partial charge in [0.25, 0.3) is 0 Å². The van der Waals surface area contributed by atoms with E-state index in [0.717, 1.165) is 23.3 Å². The molecule has 112 valence electrons. The van der Waals surface area contributed by atoms with Crippen molar-refractivity contribution in [2.75, 3.05) is 0 Å². The average Bonchev–Trinajstić information content (AvgIpc) is 2.54. The van der Waals surface area contributed by atoms with Gasteiger partial charge in [-0.1, -0.05) is 61.9 Å². The molecule has 0 saturated carbocycles. The number of benzene rings is 2. The van der Waals surface area contributed by atoms with Crippen molar-refractivity contribution in [3.8, 4) is 5.75 Å². The van der Waals surface area contributed by atoms with Crippen LogP contribution in [-0.4, -0.2) is 11.2 Å². The molecule has 0 aliphatic carbocycles. The van der Waals surface area contributed by atoms with Crippen LogP contribution >= 0.6 is 0 Å². The molecule has 0 aromatic heterocycles. The minimum atomic E-state index is -0.545. The predicted octanol–water partition coefficient (Wildman–Crippen LogP) is 3.43. The zero-order valence-electron chi connectivity index (χ0n) is 12.4. The van der Waals surface area contributed by atoms with Gasteiger partial charge in [-0.25, -0.2) is 0 Å². The third-order valence-electron chi connectivity index (χ3n) is 3.51. The summed E-state index contributed by atoms with van der Waals surface area (Å²) in [5.74, 6) is 0.740. The summed E-state index contributed by atoms with van der Waals surface area (Å²) in [6.07, 6.45) is 1.05. The van der Waals surface area contributed by atoms with Gasteiger partial charge >= 0.3 is 0 Å². The van der Waals surface area contributed by atoms with E-state index in [2.05, 4.69) is 0 Å². The number of ether oxygens (including phenoxy) is 1. The van der Waals surface area contributed by atoms with Crippen LogP contribution in [0.4, 0.5) is 0 Å². The van der Waals surface area contributed by atoms with E-state index in [1.165, 1.54) is 0 Å². The average molecular weight is 285 g/mol. The van der Waals surface area contributed by atoms with E-state index in [-0.39, 0.29) is 0 Å². The van der Waals surface area contributed by atoms with E-state index in [9.17, 15) is 5.11 Å². The Balaban J connectivity index is 2.09. The lowest BCUT2D eigenvalue weighted by Gasteiger charge is -2.21. The first kappa shape index (κ1) is 15.5. The van der Waals surface area contributed by atoms with E-state index >= 15 is 0 Å². The molecule has 2 atom stereocenters. The highest BCUT2D eigenvalue weighted by molar-refractivity contribution is 5.36. The lowest BCUT2D eigenvalue weighted by molar-refractivity contribution is 0.132. The molecule has 0 bridgehead atoms. The molecule has 0 fully saturated rings. The van der Waals surface area contributed by atoms with Gasteiger partial charge in [0.05, 0.1) is 12.1 Å². The first-order valence-electron chi connectivity index (χ1n) is 7.41. The van der Waals surface area contributed by atoms with Gasteiger partial charge in [0.1, 0.15) is 12.4 Å². The van der Waals surface area contributed by atoms with Crippen molar-refractivity contribution >= 4 is 0 Å². The van der Waals surface area contributed by atoms with Gasteiger partial charge in [0.2, 0.25) is 0 Å². The minimum Gasteiger partial charge on any atom is -0.489 e. The monoisotopic (exact) mass is 285 g/mol. The van der Waals surface area contributed by atoms with Crippen LogP contribution in [0.1, 0.15) is 36.9 Å². The van der Waals surface area contributed by atoms with Crippen molar-refractivity contribution < 1.29 is 9.84 Å². The van der Waals surface area contributed by atoms with E-state index in [1.807, 2.05) is 61.5 Å². The second-order valence-electron chi connectivity index (χ2n) is 5.19. The fourth-order valence-corrected chi connectivity index (χ4v) is 2.31.